The summed E-state index contributed by atoms with van der Waals surface area (Å²) in [7, 11) is 0. The molecule has 0 amide bonds. The fraction of sp³-hybridized carbons (Fsp3) is 1.00. The largest absolute Gasteiger partial charge is 0.314 e. The van der Waals surface area contributed by atoms with E-state index in [1.807, 2.05) is 0 Å². The van der Waals surface area contributed by atoms with Crippen LogP contribution < -0.4 is 5.32 Å². The Kier molecular flexibility index (Phi) is 7.11. The van der Waals surface area contributed by atoms with E-state index in [9.17, 15) is 0 Å². The average Bonchev–Trinajstić information content (AvgIpc) is 2.52. The summed E-state index contributed by atoms with van der Waals surface area (Å²) in [5.41, 5.74) is 0. The molecule has 1 aliphatic carbocycles. The van der Waals surface area contributed by atoms with Crippen LogP contribution in [-0.2, 0) is 0 Å². The van der Waals surface area contributed by atoms with Gasteiger partial charge in [-0.05, 0) is 37.6 Å². The Morgan fingerprint density at radius 1 is 1.00 bits per heavy atom. The van der Waals surface area contributed by atoms with Crippen LogP contribution in [0.1, 0.15) is 72.1 Å². The van der Waals surface area contributed by atoms with E-state index < -0.39 is 0 Å². The van der Waals surface area contributed by atoms with Crippen molar-refractivity contribution in [3.8, 4) is 0 Å². The van der Waals surface area contributed by atoms with Crippen LogP contribution in [0.4, 0.5) is 0 Å². The minimum absolute atomic E-state index is 0.813. The molecule has 1 heteroatoms. The summed E-state index contributed by atoms with van der Waals surface area (Å²) in [5.74, 6) is 1.91. The minimum atomic E-state index is 0.813. The van der Waals surface area contributed by atoms with Crippen LogP contribution in [0.25, 0.3) is 0 Å². The van der Waals surface area contributed by atoms with E-state index in [2.05, 4.69) is 26.1 Å². The Labute approximate surface area is 102 Å². The lowest BCUT2D eigenvalue weighted by atomic mass is 9.83. The maximum Gasteiger partial charge on any atom is 0.00953 e. The van der Waals surface area contributed by atoms with Crippen molar-refractivity contribution < 1.29 is 0 Å². The molecule has 0 aromatic heterocycles. The average molecular weight is 225 g/mol. The Bertz CT molecular complexity index is 163. The fourth-order valence-corrected chi connectivity index (χ4v) is 3.25. The molecular formula is C15H31N. The molecule has 1 rings (SSSR count). The van der Waals surface area contributed by atoms with Crippen LogP contribution >= 0.6 is 0 Å². The summed E-state index contributed by atoms with van der Waals surface area (Å²) in [6.07, 6.45) is 11.4. The molecule has 1 N–H and O–H groups in total. The summed E-state index contributed by atoms with van der Waals surface area (Å²) in [5, 5.41) is 3.73. The molecule has 0 radical (unpaired) electrons. The van der Waals surface area contributed by atoms with E-state index in [1.54, 1.807) is 0 Å². The monoisotopic (exact) mass is 225 g/mol. The predicted molar refractivity (Wildman–Crippen MR) is 72.7 cm³/mol. The van der Waals surface area contributed by atoms with Gasteiger partial charge < -0.3 is 5.32 Å². The topological polar surface area (TPSA) is 12.0 Å². The first-order chi connectivity index (χ1) is 7.81. The first-order valence-corrected chi connectivity index (χ1v) is 7.55. The minimum Gasteiger partial charge on any atom is -0.314 e. The van der Waals surface area contributed by atoms with Gasteiger partial charge in [-0.25, -0.2) is 0 Å². The van der Waals surface area contributed by atoms with Crippen LogP contribution in [-0.4, -0.2) is 12.6 Å². The summed E-state index contributed by atoms with van der Waals surface area (Å²) in [4.78, 5) is 0. The van der Waals surface area contributed by atoms with Crippen molar-refractivity contribution >= 4 is 0 Å². The van der Waals surface area contributed by atoms with Crippen molar-refractivity contribution in [2.45, 2.75) is 78.2 Å². The Hall–Kier alpha value is -0.0400. The lowest BCUT2D eigenvalue weighted by molar-refractivity contribution is 0.266. The number of hydrogen-bond acceptors (Lipinski definition) is 1. The van der Waals surface area contributed by atoms with Crippen molar-refractivity contribution in [2.75, 3.05) is 6.54 Å². The van der Waals surface area contributed by atoms with Crippen LogP contribution in [0, 0.1) is 11.8 Å². The molecule has 0 heterocycles. The Balaban J connectivity index is 2.49. The van der Waals surface area contributed by atoms with Crippen LogP contribution in [0.15, 0.2) is 0 Å². The second-order valence-corrected chi connectivity index (χ2v) is 5.48. The van der Waals surface area contributed by atoms with Gasteiger partial charge in [0.05, 0.1) is 0 Å². The summed E-state index contributed by atoms with van der Waals surface area (Å²) >= 11 is 0. The van der Waals surface area contributed by atoms with E-state index >= 15 is 0 Å². The molecule has 0 bridgehead atoms. The SMILES string of the molecule is CCNC1CCCCCC1CC(CC)CC. The van der Waals surface area contributed by atoms with Crippen LogP contribution in [0.2, 0.25) is 0 Å². The Morgan fingerprint density at radius 3 is 2.31 bits per heavy atom. The molecule has 0 spiro atoms. The molecule has 0 saturated heterocycles. The van der Waals surface area contributed by atoms with Crippen LogP contribution in [0.3, 0.4) is 0 Å². The molecule has 1 saturated carbocycles. The zero-order valence-corrected chi connectivity index (χ0v) is 11.6. The van der Waals surface area contributed by atoms with Gasteiger partial charge in [-0.15, -0.1) is 0 Å². The van der Waals surface area contributed by atoms with Crippen molar-refractivity contribution in [3.05, 3.63) is 0 Å². The van der Waals surface area contributed by atoms with Crippen LogP contribution in [0.5, 0.6) is 0 Å². The highest BCUT2D eigenvalue weighted by Crippen LogP contribution is 2.30. The smallest absolute Gasteiger partial charge is 0.00953 e. The van der Waals surface area contributed by atoms with E-state index in [4.69, 9.17) is 0 Å². The van der Waals surface area contributed by atoms with Gasteiger partial charge in [0.1, 0.15) is 0 Å². The van der Waals surface area contributed by atoms with E-state index in [0.717, 1.165) is 24.4 Å². The molecule has 16 heavy (non-hydrogen) atoms. The van der Waals surface area contributed by atoms with Crippen molar-refractivity contribution in [2.24, 2.45) is 11.8 Å². The molecule has 1 nitrogen and oxygen atoms in total. The Morgan fingerprint density at radius 2 is 1.69 bits per heavy atom. The molecule has 2 atom stereocenters. The maximum absolute atomic E-state index is 3.73. The summed E-state index contributed by atoms with van der Waals surface area (Å²) in [6, 6.07) is 0.813. The number of nitrogens with one attached hydrogen (secondary N) is 1. The molecule has 2 unspecified atom stereocenters. The van der Waals surface area contributed by atoms with Gasteiger partial charge in [-0.2, -0.15) is 0 Å². The standard InChI is InChI=1S/C15H31N/c1-4-13(5-2)12-14-10-8-7-9-11-15(14)16-6-3/h13-16H,4-12H2,1-3H3. The molecule has 1 aliphatic rings. The number of rotatable bonds is 6. The quantitative estimate of drug-likeness (QED) is 0.662. The molecular weight excluding hydrogens is 194 g/mol. The van der Waals surface area contributed by atoms with Gasteiger partial charge in [0.2, 0.25) is 0 Å². The van der Waals surface area contributed by atoms with Gasteiger partial charge in [-0.3, -0.25) is 0 Å². The fourth-order valence-electron chi connectivity index (χ4n) is 3.25. The lowest BCUT2D eigenvalue weighted by Gasteiger charge is -2.29. The maximum atomic E-state index is 3.73. The van der Waals surface area contributed by atoms with Gasteiger partial charge in [0, 0.05) is 6.04 Å². The second kappa shape index (κ2) is 8.11. The normalized spacial score (nSPS) is 27.0. The van der Waals surface area contributed by atoms with Crippen molar-refractivity contribution in [1.29, 1.82) is 0 Å². The van der Waals surface area contributed by atoms with Gasteiger partial charge in [-0.1, -0.05) is 52.9 Å². The van der Waals surface area contributed by atoms with E-state index in [-0.39, 0.29) is 0 Å². The summed E-state index contributed by atoms with van der Waals surface area (Å²) < 4.78 is 0. The summed E-state index contributed by atoms with van der Waals surface area (Å²) in [6.45, 7) is 8.10. The van der Waals surface area contributed by atoms with Gasteiger partial charge in [0.15, 0.2) is 0 Å². The van der Waals surface area contributed by atoms with Crippen molar-refractivity contribution in [1.82, 2.24) is 5.32 Å². The van der Waals surface area contributed by atoms with Gasteiger partial charge >= 0.3 is 0 Å². The first-order valence-electron chi connectivity index (χ1n) is 7.55. The molecule has 1 fully saturated rings. The second-order valence-electron chi connectivity index (χ2n) is 5.48. The zero-order valence-electron chi connectivity index (χ0n) is 11.6. The highest BCUT2D eigenvalue weighted by Gasteiger charge is 2.24. The molecule has 96 valence electrons. The molecule has 0 aromatic rings. The third kappa shape index (κ3) is 4.45. The lowest BCUT2D eigenvalue weighted by Crippen LogP contribution is -2.36. The van der Waals surface area contributed by atoms with E-state index in [0.29, 0.717) is 0 Å². The molecule has 0 aromatic carbocycles. The van der Waals surface area contributed by atoms with E-state index in [1.165, 1.54) is 51.4 Å². The zero-order chi connectivity index (χ0) is 11.8. The number of hydrogen-bond donors (Lipinski definition) is 1. The van der Waals surface area contributed by atoms with Crippen molar-refractivity contribution in [3.63, 3.8) is 0 Å². The highest BCUT2D eigenvalue weighted by atomic mass is 14.9. The third-order valence-corrected chi connectivity index (χ3v) is 4.42. The first kappa shape index (κ1) is 14.0. The molecule has 0 aliphatic heterocycles. The predicted octanol–water partition coefficient (Wildman–Crippen LogP) is 4.37. The third-order valence-electron chi connectivity index (χ3n) is 4.42. The highest BCUT2D eigenvalue weighted by molar-refractivity contribution is 4.80. The van der Waals surface area contributed by atoms with Gasteiger partial charge in [0.25, 0.3) is 0 Å².